The normalized spacial score (nSPS) is 27.2. The Morgan fingerprint density at radius 1 is 1.67 bits per heavy atom. The van der Waals surface area contributed by atoms with Gasteiger partial charge in [0.1, 0.15) is 5.78 Å². The van der Waals surface area contributed by atoms with Crippen LogP contribution in [0.3, 0.4) is 0 Å². The van der Waals surface area contributed by atoms with Gasteiger partial charge in [-0.2, -0.15) is 0 Å². The molecule has 1 aliphatic carbocycles. The van der Waals surface area contributed by atoms with Gasteiger partial charge in [0.15, 0.2) is 0 Å². The van der Waals surface area contributed by atoms with Crippen LogP contribution in [0.4, 0.5) is 0 Å². The van der Waals surface area contributed by atoms with Gasteiger partial charge < -0.3 is 0 Å². The Morgan fingerprint density at radius 3 is 2.89 bits per heavy atom. The fourth-order valence-corrected chi connectivity index (χ4v) is 1.88. The van der Waals surface area contributed by atoms with Crippen molar-refractivity contribution in [3.63, 3.8) is 0 Å². The lowest BCUT2D eigenvalue weighted by Crippen LogP contribution is -2.05. The third-order valence-corrected chi connectivity index (χ3v) is 2.35. The number of hydrogen-bond acceptors (Lipinski definition) is 1. The maximum atomic E-state index is 10.9. The standard InChI is InChI=1S/C7H11BrO/c8-5-4-6-2-1-3-7(6)9/h6H,1-5H2. The summed E-state index contributed by atoms with van der Waals surface area (Å²) in [5, 5.41) is 0.976. The molecule has 1 nitrogen and oxygen atoms in total. The van der Waals surface area contributed by atoms with Crippen LogP contribution in [0.1, 0.15) is 25.7 Å². The predicted molar refractivity (Wildman–Crippen MR) is 40.8 cm³/mol. The number of alkyl halides is 1. The number of hydrogen-bond donors (Lipinski definition) is 0. The van der Waals surface area contributed by atoms with Crippen molar-refractivity contribution >= 4 is 21.7 Å². The summed E-state index contributed by atoms with van der Waals surface area (Å²) >= 11 is 3.33. The topological polar surface area (TPSA) is 17.1 Å². The molecule has 0 aliphatic heterocycles. The monoisotopic (exact) mass is 190 g/mol. The molecule has 0 radical (unpaired) electrons. The molecule has 0 aromatic carbocycles. The van der Waals surface area contributed by atoms with Crippen molar-refractivity contribution in [2.24, 2.45) is 5.92 Å². The first kappa shape index (κ1) is 7.26. The smallest absolute Gasteiger partial charge is 0.136 e. The Kier molecular flexibility index (Phi) is 2.70. The van der Waals surface area contributed by atoms with Crippen LogP contribution in [0.2, 0.25) is 0 Å². The van der Waals surface area contributed by atoms with E-state index in [2.05, 4.69) is 15.9 Å². The first-order valence-corrected chi connectivity index (χ1v) is 4.55. The van der Waals surface area contributed by atoms with Crippen LogP contribution >= 0.6 is 15.9 Å². The molecular weight excluding hydrogens is 180 g/mol. The summed E-state index contributed by atoms with van der Waals surface area (Å²) < 4.78 is 0. The summed E-state index contributed by atoms with van der Waals surface area (Å²) in [5.41, 5.74) is 0. The van der Waals surface area contributed by atoms with E-state index in [1.165, 1.54) is 0 Å². The quantitative estimate of drug-likeness (QED) is 0.611. The third kappa shape index (κ3) is 1.78. The number of Topliss-reactive ketones (excluding diaryl/α,β-unsaturated/α-hetero) is 1. The number of halogens is 1. The van der Waals surface area contributed by atoms with Gasteiger partial charge in [0.25, 0.3) is 0 Å². The summed E-state index contributed by atoms with van der Waals surface area (Å²) in [6.45, 7) is 0. The molecule has 0 spiro atoms. The highest BCUT2D eigenvalue weighted by Gasteiger charge is 2.22. The summed E-state index contributed by atoms with van der Waals surface area (Å²) in [7, 11) is 0. The van der Waals surface area contributed by atoms with Gasteiger partial charge in [0.2, 0.25) is 0 Å². The van der Waals surface area contributed by atoms with Gasteiger partial charge in [-0.15, -0.1) is 0 Å². The zero-order valence-electron chi connectivity index (χ0n) is 5.40. The summed E-state index contributed by atoms with van der Waals surface area (Å²) in [4.78, 5) is 10.9. The lowest BCUT2D eigenvalue weighted by Gasteiger charge is -2.01. The fourth-order valence-electron chi connectivity index (χ4n) is 1.32. The highest BCUT2D eigenvalue weighted by Crippen LogP contribution is 2.24. The average Bonchev–Trinajstić information content (AvgIpc) is 2.18. The Morgan fingerprint density at radius 2 is 2.44 bits per heavy atom. The van der Waals surface area contributed by atoms with E-state index >= 15 is 0 Å². The molecule has 0 amide bonds. The van der Waals surface area contributed by atoms with Crippen LogP contribution in [0.5, 0.6) is 0 Å². The molecule has 1 aliphatic rings. The van der Waals surface area contributed by atoms with Crippen molar-refractivity contribution in [3.8, 4) is 0 Å². The van der Waals surface area contributed by atoms with Crippen molar-refractivity contribution in [2.75, 3.05) is 5.33 Å². The molecular formula is C7H11BrO. The second-order valence-corrected chi connectivity index (χ2v) is 3.33. The summed E-state index contributed by atoms with van der Waals surface area (Å²) in [5.74, 6) is 0.874. The number of carbonyl (C=O) groups is 1. The molecule has 1 fully saturated rings. The third-order valence-electron chi connectivity index (χ3n) is 1.89. The Balaban J connectivity index is 2.31. The van der Waals surface area contributed by atoms with Gasteiger partial charge >= 0.3 is 0 Å². The molecule has 0 N–H and O–H groups in total. The summed E-state index contributed by atoms with van der Waals surface area (Å²) in [6, 6.07) is 0. The van der Waals surface area contributed by atoms with E-state index in [1.807, 2.05) is 0 Å². The van der Waals surface area contributed by atoms with Gasteiger partial charge in [-0.3, -0.25) is 4.79 Å². The molecule has 0 aromatic heterocycles. The Labute approximate surface area is 64.0 Å². The van der Waals surface area contributed by atoms with E-state index in [0.29, 0.717) is 11.7 Å². The van der Waals surface area contributed by atoms with Crippen molar-refractivity contribution < 1.29 is 4.79 Å². The fraction of sp³-hybridized carbons (Fsp3) is 0.857. The minimum absolute atomic E-state index is 0.393. The van der Waals surface area contributed by atoms with Gasteiger partial charge in [0.05, 0.1) is 0 Å². The van der Waals surface area contributed by atoms with Crippen molar-refractivity contribution in [1.29, 1.82) is 0 Å². The van der Waals surface area contributed by atoms with E-state index in [0.717, 1.165) is 31.0 Å². The van der Waals surface area contributed by atoms with Gasteiger partial charge in [-0.05, 0) is 19.3 Å². The van der Waals surface area contributed by atoms with Gasteiger partial charge in [-0.25, -0.2) is 0 Å². The molecule has 2 heteroatoms. The molecule has 1 atom stereocenters. The van der Waals surface area contributed by atoms with Gasteiger partial charge in [0, 0.05) is 17.7 Å². The van der Waals surface area contributed by atoms with Crippen LogP contribution in [0.25, 0.3) is 0 Å². The van der Waals surface area contributed by atoms with Crippen LogP contribution in [-0.4, -0.2) is 11.1 Å². The highest BCUT2D eigenvalue weighted by molar-refractivity contribution is 9.09. The maximum absolute atomic E-state index is 10.9. The van der Waals surface area contributed by atoms with Crippen LogP contribution in [0, 0.1) is 5.92 Å². The number of rotatable bonds is 2. The first-order valence-electron chi connectivity index (χ1n) is 3.43. The van der Waals surface area contributed by atoms with Crippen LogP contribution in [-0.2, 0) is 4.79 Å². The minimum atomic E-state index is 0.393. The van der Waals surface area contributed by atoms with Crippen LogP contribution in [0.15, 0.2) is 0 Å². The zero-order chi connectivity index (χ0) is 6.69. The Bertz CT molecular complexity index is 111. The van der Waals surface area contributed by atoms with E-state index < -0.39 is 0 Å². The maximum Gasteiger partial charge on any atom is 0.136 e. The van der Waals surface area contributed by atoms with E-state index in [9.17, 15) is 4.79 Å². The zero-order valence-corrected chi connectivity index (χ0v) is 6.99. The molecule has 52 valence electrons. The van der Waals surface area contributed by atoms with Gasteiger partial charge in [-0.1, -0.05) is 15.9 Å². The van der Waals surface area contributed by atoms with Crippen molar-refractivity contribution in [3.05, 3.63) is 0 Å². The molecule has 1 unspecified atom stereocenters. The summed E-state index contributed by atoms with van der Waals surface area (Å²) in [6.07, 6.45) is 4.12. The molecule has 1 saturated carbocycles. The average molecular weight is 191 g/mol. The number of ketones is 1. The lowest BCUT2D eigenvalue weighted by atomic mass is 10.1. The molecule has 0 bridgehead atoms. The first-order chi connectivity index (χ1) is 4.34. The lowest BCUT2D eigenvalue weighted by molar-refractivity contribution is -0.120. The van der Waals surface area contributed by atoms with Crippen molar-refractivity contribution in [2.45, 2.75) is 25.7 Å². The van der Waals surface area contributed by atoms with E-state index in [-0.39, 0.29) is 0 Å². The minimum Gasteiger partial charge on any atom is -0.299 e. The Hall–Kier alpha value is 0.150. The number of carbonyl (C=O) groups excluding carboxylic acids is 1. The molecule has 0 saturated heterocycles. The molecule has 0 heterocycles. The second-order valence-electron chi connectivity index (χ2n) is 2.53. The largest absolute Gasteiger partial charge is 0.299 e. The van der Waals surface area contributed by atoms with E-state index in [1.54, 1.807) is 0 Å². The van der Waals surface area contributed by atoms with Crippen molar-refractivity contribution in [1.82, 2.24) is 0 Å². The SMILES string of the molecule is O=C1CCCC1CCBr. The van der Waals surface area contributed by atoms with E-state index in [4.69, 9.17) is 0 Å². The highest BCUT2D eigenvalue weighted by atomic mass is 79.9. The van der Waals surface area contributed by atoms with Crippen LogP contribution < -0.4 is 0 Å². The second kappa shape index (κ2) is 3.35. The predicted octanol–water partition coefficient (Wildman–Crippen LogP) is 2.14. The molecule has 1 rings (SSSR count). The molecule has 0 aromatic rings. The molecule has 9 heavy (non-hydrogen) atoms.